The van der Waals surface area contributed by atoms with Gasteiger partial charge in [-0.2, -0.15) is 0 Å². The Morgan fingerprint density at radius 2 is 2.05 bits per heavy atom. The summed E-state index contributed by atoms with van der Waals surface area (Å²) in [6.07, 6.45) is 1.61. The molecule has 1 aliphatic carbocycles. The van der Waals surface area contributed by atoms with Crippen LogP contribution in [0.25, 0.3) is 0 Å². The van der Waals surface area contributed by atoms with Crippen molar-refractivity contribution in [3.05, 3.63) is 24.3 Å². The van der Waals surface area contributed by atoms with E-state index in [1.807, 2.05) is 0 Å². The molecule has 1 saturated carbocycles. The minimum Gasteiger partial charge on any atom is -0.480 e. The molecule has 0 radical (unpaired) electrons. The molecule has 1 fully saturated rings. The van der Waals surface area contributed by atoms with Crippen molar-refractivity contribution in [2.24, 2.45) is 0 Å². The third-order valence-electron chi connectivity index (χ3n) is 3.54. The van der Waals surface area contributed by atoms with Crippen molar-refractivity contribution in [3.63, 3.8) is 0 Å². The smallest absolute Gasteiger partial charge is 0.325 e. The minimum absolute atomic E-state index is 0.0363. The number of aliphatic carboxylic acids is 1. The summed E-state index contributed by atoms with van der Waals surface area (Å²) in [6.45, 7) is -0.442. The summed E-state index contributed by atoms with van der Waals surface area (Å²) in [7, 11) is 0. The van der Waals surface area contributed by atoms with Gasteiger partial charge in [0, 0.05) is 6.04 Å². The van der Waals surface area contributed by atoms with Gasteiger partial charge in [0.2, 0.25) is 5.91 Å². The van der Waals surface area contributed by atoms with Crippen LogP contribution in [-0.2, 0) is 9.59 Å². The number of nitrogens with one attached hydrogen (secondary N) is 1. The van der Waals surface area contributed by atoms with Crippen molar-refractivity contribution in [2.75, 3.05) is 23.3 Å². The number of carboxylic acid groups (broad SMARTS) is 1. The molecule has 7 heteroatoms. The number of hydrogen-bond acceptors (Lipinski definition) is 3. The summed E-state index contributed by atoms with van der Waals surface area (Å²) < 4.78 is 0. The first-order valence-electron chi connectivity index (χ1n) is 6.75. The maximum absolute atomic E-state index is 12.6. The molecule has 3 rings (SSSR count). The topological polar surface area (TPSA) is 90.0 Å². The van der Waals surface area contributed by atoms with E-state index in [9.17, 15) is 14.4 Å². The number of anilines is 2. The molecular formula is C14H15N3O4. The second kappa shape index (κ2) is 5.08. The lowest BCUT2D eigenvalue weighted by atomic mass is 10.2. The lowest BCUT2D eigenvalue weighted by molar-refractivity contribution is -0.137. The van der Waals surface area contributed by atoms with Gasteiger partial charge in [0.25, 0.3) is 0 Å². The molecule has 0 saturated heterocycles. The first-order chi connectivity index (χ1) is 10.1. The first kappa shape index (κ1) is 13.4. The van der Waals surface area contributed by atoms with Crippen molar-refractivity contribution in [2.45, 2.75) is 18.9 Å². The maximum atomic E-state index is 12.6. The standard InChI is InChI=1S/C14H15N3O4/c18-12-7-17(11-4-2-1-3-10(11)15-12)14(21)16(8-13(19)20)9-5-6-9/h1-4,9H,5-8H2,(H,15,18)(H,19,20). The van der Waals surface area contributed by atoms with Gasteiger partial charge in [0.15, 0.2) is 0 Å². The number of hydrogen-bond donors (Lipinski definition) is 2. The molecule has 2 aliphatic rings. The van der Waals surface area contributed by atoms with E-state index in [0.29, 0.717) is 11.4 Å². The van der Waals surface area contributed by atoms with E-state index in [4.69, 9.17) is 5.11 Å². The summed E-state index contributed by atoms with van der Waals surface area (Å²) in [5.41, 5.74) is 1.16. The highest BCUT2D eigenvalue weighted by molar-refractivity contribution is 6.09. The number of benzene rings is 1. The van der Waals surface area contributed by atoms with Crippen LogP contribution in [0.3, 0.4) is 0 Å². The van der Waals surface area contributed by atoms with Gasteiger partial charge in [-0.1, -0.05) is 12.1 Å². The van der Waals surface area contributed by atoms with Gasteiger partial charge in [-0.15, -0.1) is 0 Å². The van der Waals surface area contributed by atoms with Crippen LogP contribution >= 0.6 is 0 Å². The molecule has 1 heterocycles. The van der Waals surface area contributed by atoms with Gasteiger partial charge in [-0.25, -0.2) is 4.79 Å². The van der Waals surface area contributed by atoms with Crippen LogP contribution in [0.4, 0.5) is 16.2 Å². The van der Waals surface area contributed by atoms with Crippen molar-refractivity contribution in [1.82, 2.24) is 4.90 Å². The van der Waals surface area contributed by atoms with Gasteiger partial charge < -0.3 is 15.3 Å². The Hall–Kier alpha value is -2.57. The highest BCUT2D eigenvalue weighted by atomic mass is 16.4. The number of para-hydroxylation sites is 2. The van der Waals surface area contributed by atoms with E-state index < -0.39 is 12.0 Å². The predicted molar refractivity (Wildman–Crippen MR) is 75.2 cm³/mol. The van der Waals surface area contributed by atoms with E-state index >= 15 is 0 Å². The summed E-state index contributed by atoms with van der Waals surface area (Å²) in [5.74, 6) is -1.34. The van der Waals surface area contributed by atoms with Gasteiger partial charge >= 0.3 is 12.0 Å². The zero-order valence-electron chi connectivity index (χ0n) is 11.3. The summed E-state index contributed by atoms with van der Waals surface area (Å²) in [4.78, 5) is 38.0. The SMILES string of the molecule is O=C(O)CN(C(=O)N1CC(=O)Nc2ccccc21)C1CC1. The Labute approximate surface area is 121 Å². The molecule has 1 aromatic rings. The fraction of sp³-hybridized carbons (Fsp3) is 0.357. The lowest BCUT2D eigenvalue weighted by Gasteiger charge is -2.33. The lowest BCUT2D eigenvalue weighted by Crippen LogP contribution is -2.51. The molecule has 110 valence electrons. The van der Waals surface area contributed by atoms with Crippen LogP contribution in [0.2, 0.25) is 0 Å². The fourth-order valence-electron chi connectivity index (χ4n) is 2.44. The molecule has 1 aromatic carbocycles. The number of rotatable bonds is 3. The van der Waals surface area contributed by atoms with Crippen LogP contribution in [0.1, 0.15) is 12.8 Å². The van der Waals surface area contributed by atoms with Gasteiger partial charge in [-0.3, -0.25) is 14.5 Å². The molecule has 3 amide bonds. The molecule has 21 heavy (non-hydrogen) atoms. The fourth-order valence-corrected chi connectivity index (χ4v) is 2.44. The normalized spacial score (nSPS) is 17.0. The summed E-state index contributed by atoms with van der Waals surface area (Å²) in [5, 5.41) is 11.7. The average Bonchev–Trinajstić information content (AvgIpc) is 3.27. The number of amides is 3. The highest BCUT2D eigenvalue weighted by Gasteiger charge is 2.38. The number of carboxylic acids is 1. The number of carbonyl (C=O) groups is 3. The van der Waals surface area contributed by atoms with E-state index in [1.54, 1.807) is 24.3 Å². The first-order valence-corrected chi connectivity index (χ1v) is 6.75. The number of fused-ring (bicyclic) bond motifs is 1. The number of carbonyl (C=O) groups excluding carboxylic acids is 2. The quantitative estimate of drug-likeness (QED) is 0.872. The van der Waals surface area contributed by atoms with Gasteiger partial charge in [0.05, 0.1) is 11.4 Å². The van der Waals surface area contributed by atoms with Crippen LogP contribution in [0, 0.1) is 0 Å². The van der Waals surface area contributed by atoms with E-state index in [0.717, 1.165) is 12.8 Å². The van der Waals surface area contributed by atoms with Crippen LogP contribution in [-0.4, -0.2) is 47.0 Å². The zero-order valence-corrected chi connectivity index (χ0v) is 11.3. The highest BCUT2D eigenvalue weighted by Crippen LogP contribution is 2.33. The molecule has 0 bridgehead atoms. The third kappa shape index (κ3) is 2.67. The van der Waals surface area contributed by atoms with Crippen molar-refractivity contribution in [1.29, 1.82) is 0 Å². The second-order valence-corrected chi connectivity index (χ2v) is 5.19. The van der Waals surface area contributed by atoms with E-state index in [-0.39, 0.29) is 25.0 Å². The monoisotopic (exact) mass is 289 g/mol. The number of urea groups is 1. The molecule has 7 nitrogen and oxygen atoms in total. The van der Waals surface area contributed by atoms with Crippen LogP contribution in [0.5, 0.6) is 0 Å². The molecule has 0 unspecified atom stereocenters. The van der Waals surface area contributed by atoms with Crippen molar-refractivity contribution >= 4 is 29.3 Å². The molecule has 0 aromatic heterocycles. The average molecular weight is 289 g/mol. The van der Waals surface area contributed by atoms with Gasteiger partial charge in [-0.05, 0) is 25.0 Å². The van der Waals surface area contributed by atoms with Crippen LogP contribution < -0.4 is 10.2 Å². The Kier molecular flexibility index (Phi) is 3.25. The zero-order chi connectivity index (χ0) is 15.0. The second-order valence-electron chi connectivity index (χ2n) is 5.19. The molecule has 2 N–H and O–H groups in total. The summed E-state index contributed by atoms with van der Waals surface area (Å²) >= 11 is 0. The Morgan fingerprint density at radius 1 is 1.33 bits per heavy atom. The molecule has 1 aliphatic heterocycles. The van der Waals surface area contributed by atoms with E-state index in [1.165, 1.54) is 9.80 Å². The number of nitrogens with zero attached hydrogens (tertiary/aromatic N) is 2. The third-order valence-corrected chi connectivity index (χ3v) is 3.54. The van der Waals surface area contributed by atoms with Crippen molar-refractivity contribution < 1.29 is 19.5 Å². The molecule has 0 spiro atoms. The minimum atomic E-state index is -1.05. The predicted octanol–water partition coefficient (Wildman–Crippen LogP) is 1.11. The molecule has 0 atom stereocenters. The molecular weight excluding hydrogens is 274 g/mol. The maximum Gasteiger partial charge on any atom is 0.325 e. The van der Waals surface area contributed by atoms with Gasteiger partial charge in [0.1, 0.15) is 13.1 Å². The van der Waals surface area contributed by atoms with E-state index in [2.05, 4.69) is 5.32 Å². The summed E-state index contributed by atoms with van der Waals surface area (Å²) in [6, 6.07) is 6.52. The Morgan fingerprint density at radius 3 is 2.71 bits per heavy atom. The Bertz CT molecular complexity index is 612. The van der Waals surface area contributed by atoms with Crippen LogP contribution in [0.15, 0.2) is 24.3 Å². The largest absolute Gasteiger partial charge is 0.480 e. The van der Waals surface area contributed by atoms with Crippen molar-refractivity contribution in [3.8, 4) is 0 Å². The Balaban J connectivity index is 1.89.